The normalized spacial score (nSPS) is 9.28. The monoisotopic (exact) mass is 352 g/mol. The highest BCUT2D eigenvalue weighted by Gasteiger charge is 2.01. The minimum Gasteiger partial charge on any atom is -0.298 e. The molecule has 0 aromatic heterocycles. The molecule has 0 fully saturated rings. The summed E-state index contributed by atoms with van der Waals surface area (Å²) in [5, 5.41) is 0. The van der Waals surface area contributed by atoms with Crippen molar-refractivity contribution in [3.05, 3.63) is 68.8 Å². The molecule has 0 aliphatic heterocycles. The lowest BCUT2D eigenvalue weighted by atomic mass is 10.0. The van der Waals surface area contributed by atoms with Crippen LogP contribution in [0.3, 0.4) is 0 Å². The van der Waals surface area contributed by atoms with Gasteiger partial charge in [-0.3, -0.25) is 4.79 Å². The van der Waals surface area contributed by atoms with E-state index in [0.29, 0.717) is 0 Å². The fourth-order valence-corrected chi connectivity index (χ4v) is 2.09. The van der Waals surface area contributed by atoms with E-state index in [1.54, 1.807) is 0 Å². The average molecular weight is 352 g/mol. The van der Waals surface area contributed by atoms with Gasteiger partial charge in [0.2, 0.25) is 0 Å². The van der Waals surface area contributed by atoms with Crippen molar-refractivity contribution in [1.82, 2.24) is 0 Å². The van der Waals surface area contributed by atoms with Crippen LogP contribution in [0.15, 0.2) is 48.5 Å². The standard InChI is InChI=1S/C14H11IO.C2H6/c15-14-7-6-12(9-13(14)10-16)8-11-4-2-1-3-5-11;1-2/h1-7,9-10H,8H2;1-2H3. The topological polar surface area (TPSA) is 17.1 Å². The first-order chi connectivity index (χ1) is 8.79. The molecule has 94 valence electrons. The molecular weight excluding hydrogens is 335 g/mol. The third-order valence-corrected chi connectivity index (χ3v) is 3.42. The van der Waals surface area contributed by atoms with Crippen LogP contribution in [0.4, 0.5) is 0 Å². The Labute approximate surface area is 122 Å². The van der Waals surface area contributed by atoms with Gasteiger partial charge in [0.1, 0.15) is 0 Å². The average Bonchev–Trinajstić information content (AvgIpc) is 2.44. The van der Waals surface area contributed by atoms with E-state index >= 15 is 0 Å². The van der Waals surface area contributed by atoms with Gasteiger partial charge in [-0.05, 0) is 52.3 Å². The van der Waals surface area contributed by atoms with Crippen LogP contribution in [0.5, 0.6) is 0 Å². The molecule has 0 amide bonds. The zero-order valence-corrected chi connectivity index (χ0v) is 12.8. The molecule has 0 radical (unpaired) electrons. The summed E-state index contributed by atoms with van der Waals surface area (Å²) in [6.45, 7) is 4.00. The summed E-state index contributed by atoms with van der Waals surface area (Å²) in [6, 6.07) is 16.3. The number of halogens is 1. The highest BCUT2D eigenvalue weighted by molar-refractivity contribution is 14.1. The maximum absolute atomic E-state index is 10.8. The summed E-state index contributed by atoms with van der Waals surface area (Å²) in [5.41, 5.74) is 3.21. The van der Waals surface area contributed by atoms with Crippen molar-refractivity contribution in [2.75, 3.05) is 0 Å². The Bertz CT molecular complexity index is 492. The summed E-state index contributed by atoms with van der Waals surface area (Å²) >= 11 is 2.18. The van der Waals surface area contributed by atoms with E-state index in [1.807, 2.05) is 44.2 Å². The third-order valence-electron chi connectivity index (χ3n) is 2.44. The van der Waals surface area contributed by atoms with Crippen LogP contribution in [0, 0.1) is 3.57 Å². The molecule has 0 bridgehead atoms. The molecule has 2 aromatic carbocycles. The van der Waals surface area contributed by atoms with Gasteiger partial charge in [0.05, 0.1) is 0 Å². The van der Waals surface area contributed by atoms with Gasteiger partial charge >= 0.3 is 0 Å². The van der Waals surface area contributed by atoms with Gasteiger partial charge in [0, 0.05) is 9.13 Å². The number of hydrogen-bond donors (Lipinski definition) is 0. The zero-order chi connectivity index (χ0) is 13.4. The largest absolute Gasteiger partial charge is 0.298 e. The molecule has 0 saturated carbocycles. The van der Waals surface area contributed by atoms with Gasteiger partial charge in [0.25, 0.3) is 0 Å². The van der Waals surface area contributed by atoms with E-state index in [4.69, 9.17) is 0 Å². The first-order valence-electron chi connectivity index (χ1n) is 6.07. The van der Waals surface area contributed by atoms with E-state index in [9.17, 15) is 4.79 Å². The lowest BCUT2D eigenvalue weighted by molar-refractivity contribution is 0.112. The van der Waals surface area contributed by atoms with Gasteiger partial charge in [-0.1, -0.05) is 50.2 Å². The summed E-state index contributed by atoms with van der Waals surface area (Å²) in [6.07, 6.45) is 1.79. The molecule has 0 unspecified atom stereocenters. The Hall–Kier alpha value is -1.16. The minimum absolute atomic E-state index is 0.772. The number of carbonyl (C=O) groups excluding carboxylic acids is 1. The van der Waals surface area contributed by atoms with Gasteiger partial charge in [-0.25, -0.2) is 0 Å². The predicted octanol–water partition coefficient (Wildman–Crippen LogP) is 4.72. The first-order valence-corrected chi connectivity index (χ1v) is 7.15. The van der Waals surface area contributed by atoms with Crippen LogP contribution in [0.2, 0.25) is 0 Å². The Morgan fingerprint density at radius 3 is 2.28 bits per heavy atom. The van der Waals surface area contributed by atoms with Gasteiger partial charge in [0.15, 0.2) is 6.29 Å². The zero-order valence-electron chi connectivity index (χ0n) is 10.7. The SMILES string of the molecule is CC.O=Cc1cc(Cc2ccccc2)ccc1I. The van der Waals surface area contributed by atoms with E-state index in [1.165, 1.54) is 11.1 Å². The van der Waals surface area contributed by atoms with E-state index < -0.39 is 0 Å². The number of benzene rings is 2. The Kier molecular flexibility index (Phi) is 6.65. The van der Waals surface area contributed by atoms with Crippen molar-refractivity contribution in [1.29, 1.82) is 0 Å². The smallest absolute Gasteiger partial charge is 0.151 e. The Balaban J connectivity index is 0.000000771. The number of rotatable bonds is 3. The highest BCUT2D eigenvalue weighted by Crippen LogP contribution is 2.15. The Morgan fingerprint density at radius 2 is 1.67 bits per heavy atom. The molecule has 2 aromatic rings. The molecular formula is C16H17IO. The first kappa shape index (κ1) is 14.9. The summed E-state index contributed by atoms with van der Waals surface area (Å²) in [7, 11) is 0. The van der Waals surface area contributed by atoms with E-state index in [2.05, 4.69) is 40.8 Å². The molecule has 0 aliphatic rings. The minimum atomic E-state index is 0.772. The second-order valence-electron chi connectivity index (χ2n) is 3.64. The van der Waals surface area contributed by atoms with Crippen LogP contribution < -0.4 is 0 Å². The van der Waals surface area contributed by atoms with Crippen molar-refractivity contribution in [3.8, 4) is 0 Å². The molecule has 0 saturated heterocycles. The van der Waals surface area contributed by atoms with Gasteiger partial charge in [-0.2, -0.15) is 0 Å². The quantitative estimate of drug-likeness (QED) is 0.577. The summed E-state index contributed by atoms with van der Waals surface area (Å²) < 4.78 is 1.00. The van der Waals surface area contributed by atoms with Crippen molar-refractivity contribution in [2.45, 2.75) is 20.3 Å². The summed E-state index contributed by atoms with van der Waals surface area (Å²) in [4.78, 5) is 10.8. The maximum atomic E-state index is 10.8. The van der Waals surface area contributed by atoms with Gasteiger partial charge in [-0.15, -0.1) is 0 Å². The van der Waals surface area contributed by atoms with Crippen LogP contribution in [-0.2, 0) is 6.42 Å². The highest BCUT2D eigenvalue weighted by atomic mass is 127. The number of carbonyl (C=O) groups is 1. The van der Waals surface area contributed by atoms with Crippen LogP contribution in [0.1, 0.15) is 35.3 Å². The van der Waals surface area contributed by atoms with Crippen molar-refractivity contribution < 1.29 is 4.79 Å². The second-order valence-corrected chi connectivity index (χ2v) is 4.80. The molecule has 0 spiro atoms. The van der Waals surface area contributed by atoms with Crippen LogP contribution >= 0.6 is 22.6 Å². The molecule has 0 atom stereocenters. The van der Waals surface area contributed by atoms with Crippen LogP contribution in [0.25, 0.3) is 0 Å². The summed E-state index contributed by atoms with van der Waals surface area (Å²) in [5.74, 6) is 0. The van der Waals surface area contributed by atoms with Gasteiger partial charge < -0.3 is 0 Å². The van der Waals surface area contributed by atoms with Crippen molar-refractivity contribution >= 4 is 28.9 Å². The Morgan fingerprint density at radius 1 is 1.00 bits per heavy atom. The number of hydrogen-bond acceptors (Lipinski definition) is 1. The van der Waals surface area contributed by atoms with Crippen molar-refractivity contribution in [2.24, 2.45) is 0 Å². The second kappa shape index (κ2) is 8.03. The third kappa shape index (κ3) is 4.26. The van der Waals surface area contributed by atoms with E-state index in [0.717, 1.165) is 21.8 Å². The lowest BCUT2D eigenvalue weighted by Crippen LogP contribution is -1.92. The fourth-order valence-electron chi connectivity index (χ4n) is 1.63. The molecule has 1 nitrogen and oxygen atoms in total. The molecule has 2 rings (SSSR count). The lowest BCUT2D eigenvalue weighted by Gasteiger charge is -2.04. The van der Waals surface area contributed by atoms with Crippen molar-refractivity contribution in [3.63, 3.8) is 0 Å². The molecule has 0 N–H and O–H groups in total. The maximum Gasteiger partial charge on any atom is 0.151 e. The van der Waals surface area contributed by atoms with E-state index in [-0.39, 0.29) is 0 Å². The predicted molar refractivity (Wildman–Crippen MR) is 85.1 cm³/mol. The molecule has 0 aliphatic carbocycles. The molecule has 0 heterocycles. The van der Waals surface area contributed by atoms with Crippen LogP contribution in [-0.4, -0.2) is 6.29 Å². The molecule has 2 heteroatoms. The fraction of sp³-hybridized carbons (Fsp3) is 0.188. The molecule has 18 heavy (non-hydrogen) atoms. The number of aldehydes is 1.